The molecule has 0 saturated heterocycles. The van der Waals surface area contributed by atoms with Crippen LogP contribution in [0.3, 0.4) is 0 Å². The smallest absolute Gasteiger partial charge is 0.213 e. The summed E-state index contributed by atoms with van der Waals surface area (Å²) in [7, 11) is 0. The maximum Gasteiger partial charge on any atom is 0.213 e. The van der Waals surface area contributed by atoms with E-state index in [1.807, 2.05) is 31.2 Å². The Kier molecular flexibility index (Phi) is 5.85. The quantitative estimate of drug-likeness (QED) is 0.703. The Labute approximate surface area is 118 Å². The van der Waals surface area contributed by atoms with Gasteiger partial charge >= 0.3 is 0 Å². The normalized spacial score (nSPS) is 10.4. The van der Waals surface area contributed by atoms with Gasteiger partial charge in [0.05, 0.1) is 6.61 Å². The van der Waals surface area contributed by atoms with Crippen LogP contribution in [-0.4, -0.2) is 36.4 Å². The van der Waals surface area contributed by atoms with Crippen molar-refractivity contribution in [3.63, 3.8) is 0 Å². The standard InChI is InChI=1S/C14H19N3O3/c1-2-18-12-5-3-4-6-13(12)19-10-9-15-8-7-14-16-11-20-17-14/h3-6,11,15H,2,7-10H2,1H3. The second kappa shape index (κ2) is 8.16. The van der Waals surface area contributed by atoms with Gasteiger partial charge in [0, 0.05) is 19.5 Å². The Morgan fingerprint density at radius 2 is 1.95 bits per heavy atom. The largest absolute Gasteiger partial charge is 0.490 e. The maximum atomic E-state index is 5.69. The first kappa shape index (κ1) is 14.3. The van der Waals surface area contributed by atoms with Gasteiger partial charge in [0.1, 0.15) is 6.61 Å². The summed E-state index contributed by atoms with van der Waals surface area (Å²) in [6.07, 6.45) is 2.08. The van der Waals surface area contributed by atoms with Gasteiger partial charge in [0.25, 0.3) is 0 Å². The lowest BCUT2D eigenvalue weighted by molar-refractivity contribution is 0.276. The third-order valence-corrected chi connectivity index (χ3v) is 2.62. The molecular formula is C14H19N3O3. The van der Waals surface area contributed by atoms with Gasteiger partial charge in [-0.3, -0.25) is 0 Å². The molecule has 6 nitrogen and oxygen atoms in total. The van der Waals surface area contributed by atoms with Gasteiger partial charge in [0.2, 0.25) is 6.39 Å². The van der Waals surface area contributed by atoms with Gasteiger partial charge in [-0.15, -0.1) is 0 Å². The highest BCUT2D eigenvalue weighted by atomic mass is 16.5. The fraction of sp³-hybridized carbons (Fsp3) is 0.429. The number of ether oxygens (including phenoxy) is 2. The van der Waals surface area contributed by atoms with Crippen molar-refractivity contribution >= 4 is 0 Å². The molecule has 0 saturated carbocycles. The molecule has 20 heavy (non-hydrogen) atoms. The van der Waals surface area contributed by atoms with Crippen LogP contribution < -0.4 is 14.8 Å². The number of nitrogens with zero attached hydrogens (tertiary/aromatic N) is 2. The lowest BCUT2D eigenvalue weighted by Gasteiger charge is -2.11. The molecule has 0 amide bonds. The van der Waals surface area contributed by atoms with E-state index in [2.05, 4.69) is 20.0 Å². The predicted octanol–water partition coefficient (Wildman–Crippen LogP) is 1.68. The van der Waals surface area contributed by atoms with Crippen molar-refractivity contribution in [3.8, 4) is 11.5 Å². The van der Waals surface area contributed by atoms with E-state index in [9.17, 15) is 0 Å². The molecule has 0 bridgehead atoms. The van der Waals surface area contributed by atoms with Crippen molar-refractivity contribution in [1.82, 2.24) is 15.5 Å². The summed E-state index contributed by atoms with van der Waals surface area (Å²) in [5.41, 5.74) is 0. The first-order chi connectivity index (χ1) is 9.90. The Balaban J connectivity index is 1.63. The van der Waals surface area contributed by atoms with Gasteiger partial charge in [0.15, 0.2) is 17.3 Å². The Bertz CT molecular complexity index is 488. The Morgan fingerprint density at radius 3 is 2.65 bits per heavy atom. The first-order valence-electron chi connectivity index (χ1n) is 6.70. The van der Waals surface area contributed by atoms with Crippen LogP contribution in [0, 0.1) is 0 Å². The van der Waals surface area contributed by atoms with Gasteiger partial charge in [-0.1, -0.05) is 17.3 Å². The van der Waals surface area contributed by atoms with E-state index in [0.29, 0.717) is 19.0 Å². The van der Waals surface area contributed by atoms with Crippen molar-refractivity contribution in [2.24, 2.45) is 0 Å². The topological polar surface area (TPSA) is 69.4 Å². The van der Waals surface area contributed by atoms with Crippen LogP contribution in [0.5, 0.6) is 11.5 Å². The molecule has 2 aromatic rings. The molecule has 0 fully saturated rings. The number of hydrogen-bond acceptors (Lipinski definition) is 6. The average Bonchev–Trinajstić information content (AvgIpc) is 2.98. The summed E-state index contributed by atoms with van der Waals surface area (Å²) >= 11 is 0. The molecule has 0 unspecified atom stereocenters. The number of nitrogens with one attached hydrogen (secondary N) is 1. The monoisotopic (exact) mass is 277 g/mol. The van der Waals surface area contributed by atoms with E-state index in [-0.39, 0.29) is 0 Å². The maximum absolute atomic E-state index is 5.69. The second-order valence-corrected chi connectivity index (χ2v) is 4.08. The average molecular weight is 277 g/mol. The highest BCUT2D eigenvalue weighted by molar-refractivity contribution is 5.39. The summed E-state index contributed by atoms with van der Waals surface area (Å²) in [4.78, 5) is 3.95. The van der Waals surface area contributed by atoms with E-state index < -0.39 is 0 Å². The number of rotatable bonds is 9. The highest BCUT2D eigenvalue weighted by Crippen LogP contribution is 2.25. The van der Waals surface area contributed by atoms with E-state index in [1.165, 1.54) is 6.39 Å². The number of benzene rings is 1. The third-order valence-electron chi connectivity index (χ3n) is 2.62. The number of aromatic nitrogens is 2. The minimum Gasteiger partial charge on any atom is -0.490 e. The fourth-order valence-electron chi connectivity index (χ4n) is 1.71. The summed E-state index contributed by atoms with van der Waals surface area (Å²) in [5.74, 6) is 2.26. The summed E-state index contributed by atoms with van der Waals surface area (Å²) < 4.78 is 15.8. The van der Waals surface area contributed by atoms with E-state index >= 15 is 0 Å². The highest BCUT2D eigenvalue weighted by Gasteiger charge is 2.03. The summed E-state index contributed by atoms with van der Waals surface area (Å²) in [6.45, 7) is 4.70. The Hall–Kier alpha value is -2.08. The number of hydrogen-bond donors (Lipinski definition) is 1. The molecule has 2 rings (SSSR count). The van der Waals surface area contributed by atoms with Crippen LogP contribution in [0.2, 0.25) is 0 Å². The Morgan fingerprint density at radius 1 is 1.15 bits per heavy atom. The van der Waals surface area contributed by atoms with Gasteiger partial charge < -0.3 is 19.3 Å². The van der Waals surface area contributed by atoms with Gasteiger partial charge in [-0.2, -0.15) is 4.98 Å². The zero-order chi connectivity index (χ0) is 14.0. The minimum absolute atomic E-state index is 0.580. The van der Waals surface area contributed by atoms with Crippen LogP contribution in [0.4, 0.5) is 0 Å². The van der Waals surface area contributed by atoms with Gasteiger partial charge in [-0.05, 0) is 19.1 Å². The molecule has 1 aromatic carbocycles. The van der Waals surface area contributed by atoms with Crippen LogP contribution >= 0.6 is 0 Å². The molecule has 108 valence electrons. The lowest BCUT2D eigenvalue weighted by Crippen LogP contribution is -2.23. The van der Waals surface area contributed by atoms with Crippen molar-refractivity contribution in [2.75, 3.05) is 26.3 Å². The molecule has 0 aliphatic heterocycles. The SMILES string of the molecule is CCOc1ccccc1OCCNCCc1ncon1. The second-order valence-electron chi connectivity index (χ2n) is 4.08. The molecule has 1 heterocycles. The van der Waals surface area contributed by atoms with Crippen LogP contribution in [0.15, 0.2) is 35.2 Å². The van der Waals surface area contributed by atoms with E-state index in [1.54, 1.807) is 0 Å². The fourth-order valence-corrected chi connectivity index (χ4v) is 1.71. The molecular weight excluding hydrogens is 258 g/mol. The van der Waals surface area contributed by atoms with Crippen molar-refractivity contribution in [3.05, 3.63) is 36.5 Å². The molecule has 0 aliphatic rings. The van der Waals surface area contributed by atoms with Crippen molar-refractivity contribution in [2.45, 2.75) is 13.3 Å². The van der Waals surface area contributed by atoms with E-state index in [0.717, 1.165) is 31.0 Å². The van der Waals surface area contributed by atoms with Crippen LogP contribution in [-0.2, 0) is 6.42 Å². The summed E-state index contributed by atoms with van der Waals surface area (Å²) in [6, 6.07) is 7.68. The van der Waals surface area contributed by atoms with Crippen molar-refractivity contribution < 1.29 is 14.0 Å². The van der Waals surface area contributed by atoms with Crippen LogP contribution in [0.1, 0.15) is 12.7 Å². The molecule has 6 heteroatoms. The van der Waals surface area contributed by atoms with E-state index in [4.69, 9.17) is 9.47 Å². The molecule has 0 radical (unpaired) electrons. The third kappa shape index (κ3) is 4.55. The minimum atomic E-state index is 0.580. The molecule has 1 N–H and O–H groups in total. The molecule has 0 aliphatic carbocycles. The van der Waals surface area contributed by atoms with Crippen LogP contribution in [0.25, 0.3) is 0 Å². The molecule has 1 aromatic heterocycles. The zero-order valence-corrected chi connectivity index (χ0v) is 11.5. The first-order valence-corrected chi connectivity index (χ1v) is 6.70. The molecule has 0 atom stereocenters. The predicted molar refractivity (Wildman–Crippen MR) is 74.0 cm³/mol. The zero-order valence-electron chi connectivity index (χ0n) is 11.5. The summed E-state index contributed by atoms with van der Waals surface area (Å²) in [5, 5.41) is 7.00. The van der Waals surface area contributed by atoms with Gasteiger partial charge in [-0.25, -0.2) is 0 Å². The number of para-hydroxylation sites is 2. The molecule has 0 spiro atoms. The van der Waals surface area contributed by atoms with Crippen molar-refractivity contribution in [1.29, 1.82) is 0 Å². The lowest BCUT2D eigenvalue weighted by atomic mass is 10.3.